The predicted molar refractivity (Wildman–Crippen MR) is 38.8 cm³/mol. The molecule has 10 heavy (non-hydrogen) atoms. The van der Waals surface area contributed by atoms with Crippen LogP contribution in [-0.4, -0.2) is 6.61 Å². The first kappa shape index (κ1) is 9.41. The molecule has 0 atom stereocenters. The second-order valence-electron chi connectivity index (χ2n) is 2.97. The van der Waals surface area contributed by atoms with E-state index < -0.39 is 0 Å². The summed E-state index contributed by atoms with van der Waals surface area (Å²) in [4.78, 5) is 4.37. The molecule has 0 rings (SSSR count). The van der Waals surface area contributed by atoms with E-state index in [0.717, 1.165) is 12.8 Å². The van der Waals surface area contributed by atoms with Gasteiger partial charge >= 0.3 is 0 Å². The molecular weight excluding hydrogens is 128 g/mol. The van der Waals surface area contributed by atoms with Crippen molar-refractivity contribution in [3.63, 3.8) is 0 Å². The summed E-state index contributed by atoms with van der Waals surface area (Å²) in [5.74, 6) is 4.82. The van der Waals surface area contributed by atoms with Gasteiger partial charge in [0.2, 0.25) is 0 Å². The van der Waals surface area contributed by atoms with Crippen LogP contribution in [0.2, 0.25) is 0 Å². The summed E-state index contributed by atoms with van der Waals surface area (Å²) >= 11 is 0. The van der Waals surface area contributed by atoms with Crippen molar-refractivity contribution in [1.82, 2.24) is 0 Å². The van der Waals surface area contributed by atoms with Crippen molar-refractivity contribution in [3.8, 4) is 6.07 Å². The van der Waals surface area contributed by atoms with E-state index in [1.165, 1.54) is 0 Å². The van der Waals surface area contributed by atoms with Gasteiger partial charge in [-0.2, -0.15) is 5.26 Å². The van der Waals surface area contributed by atoms with Crippen LogP contribution in [0.4, 0.5) is 0 Å². The first-order valence-electron chi connectivity index (χ1n) is 3.35. The number of hydrogen-bond acceptors (Lipinski definition) is 3. The molecule has 0 spiro atoms. The van der Waals surface area contributed by atoms with Crippen LogP contribution in [0, 0.1) is 16.7 Å². The predicted octanol–water partition coefficient (Wildman–Crippen LogP) is 1.21. The lowest BCUT2D eigenvalue weighted by Crippen LogP contribution is -2.10. The number of nitriles is 1. The smallest absolute Gasteiger partial charge is 0.0683 e. The van der Waals surface area contributed by atoms with Gasteiger partial charge in [-0.3, -0.25) is 0 Å². The van der Waals surface area contributed by atoms with Gasteiger partial charge in [-0.25, -0.2) is 5.90 Å². The van der Waals surface area contributed by atoms with Crippen molar-refractivity contribution in [2.45, 2.75) is 26.7 Å². The molecule has 0 saturated carbocycles. The number of rotatable bonds is 4. The molecule has 3 nitrogen and oxygen atoms in total. The van der Waals surface area contributed by atoms with Gasteiger partial charge in [0.1, 0.15) is 0 Å². The standard InChI is InChI=1S/C7H14N2O/c1-7(2,6-8)4-3-5-10-9/h3-5,9H2,1-2H3. The zero-order chi connectivity index (χ0) is 8.04. The molecule has 0 aliphatic heterocycles. The van der Waals surface area contributed by atoms with Crippen LogP contribution in [-0.2, 0) is 4.84 Å². The molecule has 0 aromatic heterocycles. The van der Waals surface area contributed by atoms with Crippen molar-refractivity contribution in [2.24, 2.45) is 11.3 Å². The average molecular weight is 142 g/mol. The average Bonchev–Trinajstić information content (AvgIpc) is 1.89. The highest BCUT2D eigenvalue weighted by molar-refractivity contribution is 4.91. The molecule has 0 amide bonds. The lowest BCUT2D eigenvalue weighted by atomic mass is 9.90. The quantitative estimate of drug-likeness (QED) is 0.474. The van der Waals surface area contributed by atoms with E-state index in [1.807, 2.05) is 13.8 Å². The van der Waals surface area contributed by atoms with Crippen LogP contribution in [0.15, 0.2) is 0 Å². The van der Waals surface area contributed by atoms with E-state index in [9.17, 15) is 0 Å². The van der Waals surface area contributed by atoms with Crippen LogP contribution in [0.1, 0.15) is 26.7 Å². The molecule has 0 aliphatic carbocycles. The minimum atomic E-state index is -0.238. The lowest BCUT2D eigenvalue weighted by molar-refractivity contribution is 0.128. The number of nitrogens with zero attached hydrogens (tertiary/aromatic N) is 1. The van der Waals surface area contributed by atoms with Crippen LogP contribution >= 0.6 is 0 Å². The van der Waals surface area contributed by atoms with Crippen molar-refractivity contribution < 1.29 is 4.84 Å². The Labute approximate surface area is 61.7 Å². The van der Waals surface area contributed by atoms with E-state index in [0.29, 0.717) is 6.61 Å². The molecule has 0 saturated heterocycles. The second kappa shape index (κ2) is 4.26. The fourth-order valence-corrected chi connectivity index (χ4v) is 0.653. The molecule has 0 radical (unpaired) electrons. The fraction of sp³-hybridized carbons (Fsp3) is 0.857. The number of nitrogens with two attached hydrogens (primary N) is 1. The van der Waals surface area contributed by atoms with E-state index in [1.54, 1.807) is 0 Å². The Hall–Kier alpha value is -0.590. The van der Waals surface area contributed by atoms with Gasteiger partial charge in [0.15, 0.2) is 0 Å². The molecule has 0 heterocycles. The van der Waals surface area contributed by atoms with E-state index >= 15 is 0 Å². The van der Waals surface area contributed by atoms with E-state index in [-0.39, 0.29) is 5.41 Å². The lowest BCUT2D eigenvalue weighted by Gasteiger charge is -2.13. The molecule has 3 heteroatoms. The van der Waals surface area contributed by atoms with Gasteiger partial charge in [0.25, 0.3) is 0 Å². The maximum absolute atomic E-state index is 8.57. The SMILES string of the molecule is CC(C)(C#N)CCCON. The highest BCUT2D eigenvalue weighted by Crippen LogP contribution is 2.19. The van der Waals surface area contributed by atoms with Gasteiger partial charge in [-0.05, 0) is 26.7 Å². The molecular formula is C7H14N2O. The van der Waals surface area contributed by atoms with E-state index in [2.05, 4.69) is 10.9 Å². The summed E-state index contributed by atoms with van der Waals surface area (Å²) < 4.78 is 0. The monoisotopic (exact) mass is 142 g/mol. The Balaban J connectivity index is 3.40. The third-order valence-electron chi connectivity index (χ3n) is 1.37. The van der Waals surface area contributed by atoms with Gasteiger partial charge in [0.05, 0.1) is 18.1 Å². The largest absolute Gasteiger partial charge is 0.305 e. The Morgan fingerprint density at radius 1 is 1.60 bits per heavy atom. The zero-order valence-electron chi connectivity index (χ0n) is 6.55. The van der Waals surface area contributed by atoms with Crippen LogP contribution in [0.5, 0.6) is 0 Å². The molecule has 0 unspecified atom stereocenters. The van der Waals surface area contributed by atoms with Gasteiger partial charge in [-0.1, -0.05) is 0 Å². The van der Waals surface area contributed by atoms with Crippen molar-refractivity contribution in [3.05, 3.63) is 0 Å². The summed E-state index contributed by atoms with van der Waals surface area (Å²) in [5, 5.41) is 8.57. The summed E-state index contributed by atoms with van der Waals surface area (Å²) in [5.41, 5.74) is -0.238. The first-order valence-corrected chi connectivity index (χ1v) is 3.35. The Bertz CT molecular complexity index is 126. The normalized spacial score (nSPS) is 11.0. The molecule has 0 bridgehead atoms. The van der Waals surface area contributed by atoms with Crippen molar-refractivity contribution >= 4 is 0 Å². The molecule has 2 N–H and O–H groups in total. The molecule has 0 aromatic rings. The number of hydrogen-bond donors (Lipinski definition) is 1. The first-order chi connectivity index (χ1) is 4.62. The maximum atomic E-state index is 8.57. The Morgan fingerprint density at radius 3 is 2.60 bits per heavy atom. The molecule has 0 aliphatic rings. The second-order valence-corrected chi connectivity index (χ2v) is 2.97. The summed E-state index contributed by atoms with van der Waals surface area (Å²) in [6.07, 6.45) is 1.68. The fourth-order valence-electron chi connectivity index (χ4n) is 0.653. The minimum Gasteiger partial charge on any atom is -0.305 e. The molecule has 0 fully saturated rings. The Morgan fingerprint density at radius 2 is 2.20 bits per heavy atom. The van der Waals surface area contributed by atoms with Crippen LogP contribution < -0.4 is 5.90 Å². The van der Waals surface area contributed by atoms with Gasteiger partial charge in [-0.15, -0.1) is 0 Å². The summed E-state index contributed by atoms with van der Waals surface area (Å²) in [6.45, 7) is 4.35. The van der Waals surface area contributed by atoms with Gasteiger partial charge < -0.3 is 4.84 Å². The van der Waals surface area contributed by atoms with E-state index in [4.69, 9.17) is 11.2 Å². The summed E-state index contributed by atoms with van der Waals surface area (Å²) in [7, 11) is 0. The summed E-state index contributed by atoms with van der Waals surface area (Å²) in [6, 6.07) is 2.20. The van der Waals surface area contributed by atoms with Gasteiger partial charge in [0, 0.05) is 0 Å². The molecule has 58 valence electrons. The van der Waals surface area contributed by atoms with Crippen LogP contribution in [0.3, 0.4) is 0 Å². The molecule has 0 aromatic carbocycles. The van der Waals surface area contributed by atoms with Crippen LogP contribution in [0.25, 0.3) is 0 Å². The Kier molecular flexibility index (Phi) is 4.01. The highest BCUT2D eigenvalue weighted by Gasteiger charge is 2.15. The zero-order valence-corrected chi connectivity index (χ0v) is 6.55. The topological polar surface area (TPSA) is 59.0 Å². The maximum Gasteiger partial charge on any atom is 0.0683 e. The van der Waals surface area contributed by atoms with Crippen molar-refractivity contribution in [1.29, 1.82) is 5.26 Å². The third-order valence-corrected chi connectivity index (χ3v) is 1.37. The minimum absolute atomic E-state index is 0.238. The van der Waals surface area contributed by atoms with Crippen molar-refractivity contribution in [2.75, 3.05) is 6.61 Å². The highest BCUT2D eigenvalue weighted by atomic mass is 16.6. The third kappa shape index (κ3) is 4.30.